The van der Waals surface area contributed by atoms with Gasteiger partial charge in [-0.3, -0.25) is 4.79 Å². The molecule has 0 radical (unpaired) electrons. The Morgan fingerprint density at radius 1 is 0.871 bits per heavy atom. The van der Waals surface area contributed by atoms with Gasteiger partial charge in [0, 0.05) is 29.3 Å². The number of aromatic nitrogens is 3. The fourth-order valence-corrected chi connectivity index (χ4v) is 3.31. The Labute approximate surface area is 177 Å². The molecule has 0 atom stereocenters. The fourth-order valence-electron chi connectivity index (χ4n) is 3.31. The number of benzene rings is 3. The van der Waals surface area contributed by atoms with Gasteiger partial charge in [-0.15, -0.1) is 0 Å². The van der Waals surface area contributed by atoms with Crippen molar-refractivity contribution >= 4 is 22.7 Å². The standard InChI is InChI=1S/C24H18N4O3/c1-14-8-9-18(13-19(14)25-15(2)29)24-27-22(28-31-24)17-10-11-21-20(12-17)26-23(30-21)16-6-4-3-5-7-16/h3-13H,1-2H3,(H,25,29). The van der Waals surface area contributed by atoms with Crippen LogP contribution in [0, 0.1) is 6.92 Å². The lowest BCUT2D eigenvalue weighted by molar-refractivity contribution is -0.114. The minimum Gasteiger partial charge on any atom is -0.436 e. The normalized spacial score (nSPS) is 11.0. The van der Waals surface area contributed by atoms with Crippen LogP contribution in [0.25, 0.3) is 45.4 Å². The molecule has 152 valence electrons. The van der Waals surface area contributed by atoms with E-state index in [9.17, 15) is 4.79 Å². The Bertz CT molecular complexity index is 1400. The van der Waals surface area contributed by atoms with Gasteiger partial charge in [-0.2, -0.15) is 4.98 Å². The number of aryl methyl sites for hydroxylation is 1. The second-order valence-corrected chi connectivity index (χ2v) is 7.20. The molecule has 1 N–H and O–H groups in total. The number of rotatable bonds is 4. The largest absolute Gasteiger partial charge is 0.436 e. The molecule has 1 amide bonds. The topological polar surface area (TPSA) is 94.1 Å². The summed E-state index contributed by atoms with van der Waals surface area (Å²) in [5.74, 6) is 1.24. The first-order valence-corrected chi connectivity index (χ1v) is 9.75. The van der Waals surface area contributed by atoms with Crippen LogP contribution in [0.1, 0.15) is 12.5 Å². The molecule has 0 bridgehead atoms. The molecule has 0 unspecified atom stereocenters. The molecule has 2 aromatic heterocycles. The molecule has 3 aromatic carbocycles. The molecule has 2 heterocycles. The van der Waals surface area contributed by atoms with Crippen molar-refractivity contribution in [1.82, 2.24) is 15.1 Å². The van der Waals surface area contributed by atoms with Crippen molar-refractivity contribution < 1.29 is 13.7 Å². The molecule has 31 heavy (non-hydrogen) atoms. The third kappa shape index (κ3) is 3.69. The predicted octanol–water partition coefficient (Wildman–Crippen LogP) is 5.48. The van der Waals surface area contributed by atoms with Crippen molar-refractivity contribution in [2.75, 3.05) is 5.32 Å². The van der Waals surface area contributed by atoms with Crippen LogP contribution >= 0.6 is 0 Å². The summed E-state index contributed by atoms with van der Waals surface area (Å²) >= 11 is 0. The Morgan fingerprint density at radius 3 is 2.48 bits per heavy atom. The smallest absolute Gasteiger partial charge is 0.258 e. The summed E-state index contributed by atoms with van der Waals surface area (Å²) in [5.41, 5.74) is 5.46. The maximum Gasteiger partial charge on any atom is 0.258 e. The first-order chi connectivity index (χ1) is 15.1. The van der Waals surface area contributed by atoms with Gasteiger partial charge >= 0.3 is 0 Å². The Kier molecular flexibility index (Phi) is 4.55. The van der Waals surface area contributed by atoms with Crippen LogP contribution in [0.4, 0.5) is 5.69 Å². The van der Waals surface area contributed by atoms with E-state index in [1.165, 1.54) is 6.92 Å². The second-order valence-electron chi connectivity index (χ2n) is 7.20. The van der Waals surface area contributed by atoms with E-state index in [2.05, 4.69) is 20.4 Å². The molecule has 0 aliphatic carbocycles. The van der Waals surface area contributed by atoms with Crippen LogP contribution in [0.15, 0.2) is 75.7 Å². The molecule has 0 spiro atoms. The number of amides is 1. The quantitative estimate of drug-likeness (QED) is 0.422. The van der Waals surface area contributed by atoms with Gasteiger partial charge in [-0.25, -0.2) is 4.98 Å². The highest BCUT2D eigenvalue weighted by Gasteiger charge is 2.15. The maximum absolute atomic E-state index is 11.4. The van der Waals surface area contributed by atoms with Crippen molar-refractivity contribution in [3.8, 4) is 34.3 Å². The minimum atomic E-state index is -0.137. The number of nitrogens with zero attached hydrogens (tertiary/aromatic N) is 3. The van der Waals surface area contributed by atoms with E-state index >= 15 is 0 Å². The monoisotopic (exact) mass is 410 g/mol. The summed E-state index contributed by atoms with van der Waals surface area (Å²) < 4.78 is 11.3. The number of fused-ring (bicyclic) bond motifs is 1. The third-order valence-electron chi connectivity index (χ3n) is 4.89. The SMILES string of the molecule is CC(=O)Nc1cc(-c2nc(-c3ccc4oc(-c5ccccc5)nc4c3)no2)ccc1C. The van der Waals surface area contributed by atoms with Gasteiger partial charge in [-0.05, 0) is 55.0 Å². The first-order valence-electron chi connectivity index (χ1n) is 9.75. The second kappa shape index (κ2) is 7.53. The van der Waals surface area contributed by atoms with Crippen molar-refractivity contribution in [2.24, 2.45) is 0 Å². The average molecular weight is 410 g/mol. The third-order valence-corrected chi connectivity index (χ3v) is 4.89. The van der Waals surface area contributed by atoms with Crippen LogP contribution in [-0.2, 0) is 4.79 Å². The van der Waals surface area contributed by atoms with E-state index in [0.717, 1.165) is 22.3 Å². The minimum absolute atomic E-state index is 0.137. The van der Waals surface area contributed by atoms with Crippen LogP contribution in [-0.4, -0.2) is 21.0 Å². The molecular formula is C24H18N4O3. The van der Waals surface area contributed by atoms with Gasteiger partial charge in [0.25, 0.3) is 5.89 Å². The highest BCUT2D eigenvalue weighted by Crippen LogP contribution is 2.29. The molecule has 7 nitrogen and oxygen atoms in total. The van der Waals surface area contributed by atoms with Gasteiger partial charge < -0.3 is 14.3 Å². The van der Waals surface area contributed by atoms with E-state index < -0.39 is 0 Å². The van der Waals surface area contributed by atoms with Crippen LogP contribution in [0.5, 0.6) is 0 Å². The zero-order chi connectivity index (χ0) is 21.4. The van der Waals surface area contributed by atoms with Crippen LogP contribution in [0.2, 0.25) is 0 Å². The van der Waals surface area contributed by atoms with Crippen molar-refractivity contribution in [2.45, 2.75) is 13.8 Å². The molecule has 0 saturated carbocycles. The molecule has 0 aliphatic heterocycles. The number of carbonyl (C=O) groups is 1. The molecule has 7 heteroatoms. The zero-order valence-electron chi connectivity index (χ0n) is 16.9. The van der Waals surface area contributed by atoms with Crippen molar-refractivity contribution in [3.63, 3.8) is 0 Å². The Morgan fingerprint density at radius 2 is 1.68 bits per heavy atom. The van der Waals surface area contributed by atoms with E-state index in [0.29, 0.717) is 34.4 Å². The van der Waals surface area contributed by atoms with Crippen molar-refractivity contribution in [3.05, 3.63) is 72.3 Å². The van der Waals surface area contributed by atoms with Gasteiger partial charge in [0.1, 0.15) is 5.52 Å². The molecule has 5 aromatic rings. The summed E-state index contributed by atoms with van der Waals surface area (Å²) in [4.78, 5) is 20.5. The molecule has 0 saturated heterocycles. The number of hydrogen-bond donors (Lipinski definition) is 1. The Balaban J connectivity index is 1.47. The number of hydrogen-bond acceptors (Lipinski definition) is 6. The van der Waals surface area contributed by atoms with Gasteiger partial charge in [0.05, 0.1) is 0 Å². The van der Waals surface area contributed by atoms with Crippen LogP contribution < -0.4 is 5.32 Å². The summed E-state index contributed by atoms with van der Waals surface area (Å²) in [7, 11) is 0. The lowest BCUT2D eigenvalue weighted by atomic mass is 10.1. The van der Waals surface area contributed by atoms with Gasteiger partial charge in [-0.1, -0.05) is 29.4 Å². The van der Waals surface area contributed by atoms with E-state index in [1.54, 1.807) is 0 Å². The lowest BCUT2D eigenvalue weighted by Crippen LogP contribution is -2.07. The number of nitrogens with one attached hydrogen (secondary N) is 1. The van der Waals surface area contributed by atoms with Gasteiger partial charge in [0.2, 0.25) is 17.6 Å². The summed E-state index contributed by atoms with van der Waals surface area (Å²) in [6.07, 6.45) is 0. The molecule has 0 fully saturated rings. The number of oxazole rings is 1. The zero-order valence-corrected chi connectivity index (χ0v) is 16.9. The van der Waals surface area contributed by atoms with E-state index in [1.807, 2.05) is 73.7 Å². The number of anilines is 1. The first kappa shape index (κ1) is 18.7. The highest BCUT2D eigenvalue weighted by molar-refractivity contribution is 5.90. The van der Waals surface area contributed by atoms with Gasteiger partial charge in [0.15, 0.2) is 5.58 Å². The van der Waals surface area contributed by atoms with Crippen molar-refractivity contribution in [1.29, 1.82) is 0 Å². The molecular weight excluding hydrogens is 392 g/mol. The fraction of sp³-hybridized carbons (Fsp3) is 0.0833. The number of carbonyl (C=O) groups excluding carboxylic acids is 1. The average Bonchev–Trinajstić information content (AvgIpc) is 3.42. The highest BCUT2D eigenvalue weighted by atomic mass is 16.5. The maximum atomic E-state index is 11.4. The molecule has 0 aliphatic rings. The summed E-state index contributed by atoms with van der Waals surface area (Å²) in [6.45, 7) is 3.39. The Hall–Kier alpha value is -4.26. The predicted molar refractivity (Wildman–Crippen MR) is 117 cm³/mol. The van der Waals surface area contributed by atoms with E-state index in [4.69, 9.17) is 8.94 Å². The summed E-state index contributed by atoms with van der Waals surface area (Å²) in [5, 5.41) is 6.93. The van der Waals surface area contributed by atoms with Crippen LogP contribution in [0.3, 0.4) is 0 Å². The lowest BCUT2D eigenvalue weighted by Gasteiger charge is -2.07. The summed E-state index contributed by atoms with van der Waals surface area (Å²) in [6, 6.07) is 20.9. The molecule has 5 rings (SSSR count). The van der Waals surface area contributed by atoms with E-state index in [-0.39, 0.29) is 5.91 Å².